The highest BCUT2D eigenvalue weighted by Gasteiger charge is 2.36. The topological polar surface area (TPSA) is 52.5 Å². The van der Waals surface area contributed by atoms with E-state index in [1.54, 1.807) is 12.1 Å². The average molecular weight is 291 g/mol. The molecule has 0 saturated heterocycles. The van der Waals surface area contributed by atoms with Crippen LogP contribution in [0.4, 0.5) is 0 Å². The summed E-state index contributed by atoms with van der Waals surface area (Å²) in [5.41, 5.74) is 0.961. The van der Waals surface area contributed by atoms with Gasteiger partial charge in [-0.2, -0.15) is 0 Å². The van der Waals surface area contributed by atoms with E-state index in [0.29, 0.717) is 17.7 Å². The van der Waals surface area contributed by atoms with E-state index in [1.807, 2.05) is 12.1 Å². The molecule has 1 saturated carbocycles. The van der Waals surface area contributed by atoms with Gasteiger partial charge in [0.1, 0.15) is 5.75 Å². The monoisotopic (exact) mass is 291 g/mol. The van der Waals surface area contributed by atoms with Crippen molar-refractivity contribution in [1.82, 2.24) is 5.32 Å². The molecule has 0 aliphatic heterocycles. The third-order valence-corrected chi connectivity index (χ3v) is 4.92. The molecular weight excluding hydrogens is 262 g/mol. The Morgan fingerprint density at radius 2 is 1.67 bits per heavy atom. The molecule has 1 aliphatic rings. The molecule has 0 heterocycles. The van der Waals surface area contributed by atoms with Gasteiger partial charge in [0, 0.05) is 12.6 Å². The SMILES string of the molecule is CCC(NCC1(O)CCC(C)(C)CC1)c1ccc(O)cc1. The third kappa shape index (κ3) is 4.45. The van der Waals surface area contributed by atoms with Gasteiger partial charge in [0.15, 0.2) is 0 Å². The Balaban J connectivity index is 1.92. The van der Waals surface area contributed by atoms with Crippen molar-refractivity contribution in [1.29, 1.82) is 0 Å². The van der Waals surface area contributed by atoms with E-state index in [2.05, 4.69) is 26.1 Å². The predicted molar refractivity (Wildman–Crippen MR) is 86.3 cm³/mol. The first-order valence-corrected chi connectivity index (χ1v) is 8.08. The number of hydrogen-bond donors (Lipinski definition) is 3. The molecule has 1 atom stereocenters. The second-order valence-corrected chi connectivity index (χ2v) is 7.32. The van der Waals surface area contributed by atoms with E-state index in [0.717, 1.165) is 37.7 Å². The molecule has 1 aliphatic carbocycles. The van der Waals surface area contributed by atoms with Crippen molar-refractivity contribution >= 4 is 0 Å². The molecule has 118 valence electrons. The predicted octanol–water partition coefficient (Wildman–Crippen LogP) is 3.76. The van der Waals surface area contributed by atoms with E-state index >= 15 is 0 Å². The summed E-state index contributed by atoms with van der Waals surface area (Å²) < 4.78 is 0. The summed E-state index contributed by atoms with van der Waals surface area (Å²) in [7, 11) is 0. The number of aromatic hydroxyl groups is 1. The number of hydrogen-bond acceptors (Lipinski definition) is 3. The summed E-state index contributed by atoms with van der Waals surface area (Å²) in [6.45, 7) is 7.34. The van der Waals surface area contributed by atoms with Crippen LogP contribution in [0.15, 0.2) is 24.3 Å². The molecule has 1 aromatic carbocycles. The Bertz CT molecular complexity index is 443. The summed E-state index contributed by atoms with van der Waals surface area (Å²) in [4.78, 5) is 0. The number of phenols is 1. The van der Waals surface area contributed by atoms with Crippen LogP contribution in [0, 0.1) is 5.41 Å². The van der Waals surface area contributed by atoms with Gasteiger partial charge in [0.25, 0.3) is 0 Å². The van der Waals surface area contributed by atoms with E-state index in [-0.39, 0.29) is 6.04 Å². The molecule has 21 heavy (non-hydrogen) atoms. The van der Waals surface area contributed by atoms with Crippen LogP contribution in [0.2, 0.25) is 0 Å². The molecule has 0 bridgehead atoms. The number of nitrogens with one attached hydrogen (secondary N) is 1. The number of benzene rings is 1. The van der Waals surface area contributed by atoms with Crippen molar-refractivity contribution in [2.45, 2.75) is 64.5 Å². The zero-order valence-corrected chi connectivity index (χ0v) is 13.5. The lowest BCUT2D eigenvalue weighted by Crippen LogP contribution is -2.45. The van der Waals surface area contributed by atoms with Crippen LogP contribution in [-0.2, 0) is 0 Å². The Labute approximate surface area is 128 Å². The third-order valence-electron chi connectivity index (χ3n) is 4.92. The van der Waals surface area contributed by atoms with Crippen molar-refractivity contribution in [2.24, 2.45) is 5.41 Å². The Morgan fingerprint density at radius 3 is 2.19 bits per heavy atom. The molecule has 1 unspecified atom stereocenters. The molecule has 0 aromatic heterocycles. The van der Waals surface area contributed by atoms with Crippen molar-refractivity contribution < 1.29 is 10.2 Å². The minimum atomic E-state index is -0.570. The van der Waals surface area contributed by atoms with Gasteiger partial charge in [-0.05, 0) is 55.2 Å². The van der Waals surface area contributed by atoms with Crippen LogP contribution in [0.25, 0.3) is 0 Å². The average Bonchev–Trinajstić information content (AvgIpc) is 2.45. The van der Waals surface area contributed by atoms with Gasteiger partial charge in [-0.25, -0.2) is 0 Å². The fourth-order valence-corrected chi connectivity index (χ4v) is 3.09. The highest BCUT2D eigenvalue weighted by Crippen LogP contribution is 2.40. The van der Waals surface area contributed by atoms with Gasteiger partial charge in [-0.1, -0.05) is 32.9 Å². The zero-order valence-electron chi connectivity index (χ0n) is 13.5. The second kappa shape index (κ2) is 6.37. The minimum absolute atomic E-state index is 0.226. The smallest absolute Gasteiger partial charge is 0.115 e. The van der Waals surface area contributed by atoms with E-state index < -0.39 is 5.60 Å². The first-order chi connectivity index (χ1) is 9.84. The standard InChI is InChI=1S/C18H29NO2/c1-4-16(14-5-7-15(20)8-6-14)19-13-18(21)11-9-17(2,3)10-12-18/h5-8,16,19-21H,4,9-13H2,1-3H3. The van der Waals surface area contributed by atoms with Crippen LogP contribution in [-0.4, -0.2) is 22.4 Å². The first kappa shape index (κ1) is 16.3. The molecule has 2 rings (SSSR count). The van der Waals surface area contributed by atoms with Crippen molar-refractivity contribution in [3.05, 3.63) is 29.8 Å². The van der Waals surface area contributed by atoms with Gasteiger partial charge in [-0.3, -0.25) is 0 Å². The number of phenolic OH excluding ortho intramolecular Hbond substituents is 1. The van der Waals surface area contributed by atoms with E-state index in [1.165, 1.54) is 0 Å². The highest BCUT2D eigenvalue weighted by molar-refractivity contribution is 5.28. The summed E-state index contributed by atoms with van der Waals surface area (Å²) >= 11 is 0. The fourth-order valence-electron chi connectivity index (χ4n) is 3.09. The van der Waals surface area contributed by atoms with E-state index in [9.17, 15) is 10.2 Å². The van der Waals surface area contributed by atoms with Gasteiger partial charge < -0.3 is 15.5 Å². The largest absolute Gasteiger partial charge is 0.508 e. The summed E-state index contributed by atoms with van der Waals surface area (Å²) in [5.74, 6) is 0.293. The van der Waals surface area contributed by atoms with Gasteiger partial charge in [0.2, 0.25) is 0 Å². The minimum Gasteiger partial charge on any atom is -0.508 e. The van der Waals surface area contributed by atoms with Crippen LogP contribution >= 0.6 is 0 Å². The first-order valence-electron chi connectivity index (χ1n) is 8.08. The molecule has 0 spiro atoms. The molecule has 3 nitrogen and oxygen atoms in total. The molecule has 0 amide bonds. The van der Waals surface area contributed by atoms with Crippen LogP contribution in [0.3, 0.4) is 0 Å². The van der Waals surface area contributed by atoms with Crippen LogP contribution in [0.5, 0.6) is 5.75 Å². The summed E-state index contributed by atoms with van der Waals surface area (Å²) in [5, 5.41) is 23.6. The Hall–Kier alpha value is -1.06. The van der Waals surface area contributed by atoms with Crippen molar-refractivity contribution in [3.63, 3.8) is 0 Å². The lowest BCUT2D eigenvalue weighted by molar-refractivity contribution is -0.0262. The maximum atomic E-state index is 10.7. The van der Waals surface area contributed by atoms with Gasteiger partial charge in [0.05, 0.1) is 5.60 Å². The molecule has 3 heteroatoms. The molecular formula is C18H29NO2. The summed E-state index contributed by atoms with van der Waals surface area (Å²) in [6, 6.07) is 7.56. The second-order valence-electron chi connectivity index (χ2n) is 7.32. The number of aliphatic hydroxyl groups is 1. The maximum absolute atomic E-state index is 10.7. The van der Waals surface area contributed by atoms with Crippen LogP contribution in [0.1, 0.15) is 64.5 Å². The number of rotatable bonds is 5. The van der Waals surface area contributed by atoms with Crippen LogP contribution < -0.4 is 5.32 Å². The van der Waals surface area contributed by atoms with Gasteiger partial charge >= 0.3 is 0 Å². The molecule has 1 aromatic rings. The van der Waals surface area contributed by atoms with E-state index in [4.69, 9.17) is 0 Å². The zero-order chi connectivity index (χ0) is 15.5. The maximum Gasteiger partial charge on any atom is 0.115 e. The Morgan fingerprint density at radius 1 is 1.10 bits per heavy atom. The Kier molecular flexibility index (Phi) is 4.95. The molecule has 0 radical (unpaired) electrons. The van der Waals surface area contributed by atoms with Crippen molar-refractivity contribution in [2.75, 3.05) is 6.54 Å². The molecule has 1 fully saturated rings. The lowest BCUT2D eigenvalue weighted by atomic mass is 9.71. The fraction of sp³-hybridized carbons (Fsp3) is 0.667. The lowest BCUT2D eigenvalue weighted by Gasteiger charge is -2.41. The molecule has 3 N–H and O–H groups in total. The summed E-state index contributed by atoms with van der Waals surface area (Å²) in [6.07, 6.45) is 4.88. The van der Waals surface area contributed by atoms with Crippen molar-refractivity contribution in [3.8, 4) is 5.75 Å². The van der Waals surface area contributed by atoms with Gasteiger partial charge in [-0.15, -0.1) is 0 Å². The highest BCUT2D eigenvalue weighted by atomic mass is 16.3. The normalized spacial score (nSPS) is 21.9. The quantitative estimate of drug-likeness (QED) is 0.774.